The van der Waals surface area contributed by atoms with Crippen molar-refractivity contribution in [3.05, 3.63) is 65.2 Å². The third-order valence-corrected chi connectivity index (χ3v) is 4.19. The van der Waals surface area contributed by atoms with E-state index < -0.39 is 12.1 Å². The largest absolute Gasteiger partial charge is 0.508 e. The predicted octanol–water partition coefficient (Wildman–Crippen LogP) is 3.90. The van der Waals surface area contributed by atoms with Gasteiger partial charge in [-0.25, -0.2) is 4.79 Å². The lowest BCUT2D eigenvalue weighted by Gasteiger charge is -2.21. The molecule has 0 unspecified atom stereocenters. The Hall–Kier alpha value is -2.82. The van der Waals surface area contributed by atoms with E-state index in [0.29, 0.717) is 5.56 Å². The number of ether oxygens (including phenoxy) is 1. The van der Waals surface area contributed by atoms with E-state index in [1.165, 1.54) is 13.0 Å². The highest BCUT2D eigenvalue weighted by Crippen LogP contribution is 2.20. The van der Waals surface area contributed by atoms with Gasteiger partial charge in [0.15, 0.2) is 6.10 Å². The molecule has 0 bridgehead atoms. The van der Waals surface area contributed by atoms with E-state index in [9.17, 15) is 14.7 Å². The van der Waals surface area contributed by atoms with Gasteiger partial charge in [-0.05, 0) is 43.5 Å². The average molecular weight is 355 g/mol. The Morgan fingerprint density at radius 1 is 1.15 bits per heavy atom. The van der Waals surface area contributed by atoms with Crippen LogP contribution in [0.25, 0.3) is 0 Å². The van der Waals surface area contributed by atoms with Crippen LogP contribution in [0.15, 0.2) is 48.5 Å². The highest BCUT2D eigenvalue weighted by atomic mass is 16.5. The zero-order valence-electron chi connectivity index (χ0n) is 15.4. The van der Waals surface area contributed by atoms with E-state index in [2.05, 4.69) is 12.2 Å². The Morgan fingerprint density at radius 3 is 2.46 bits per heavy atom. The van der Waals surface area contributed by atoms with Crippen molar-refractivity contribution < 1.29 is 19.4 Å². The summed E-state index contributed by atoms with van der Waals surface area (Å²) in [6.07, 6.45) is 0.771. The number of aromatic hydroxyl groups is 1. The number of rotatable bonds is 7. The normalized spacial score (nSPS) is 12.9. The molecule has 5 nitrogen and oxygen atoms in total. The van der Waals surface area contributed by atoms with Gasteiger partial charge in [0.25, 0.3) is 5.91 Å². The molecule has 0 spiro atoms. The molecule has 0 heterocycles. The number of carbonyl (C=O) groups excluding carboxylic acids is 2. The molecule has 2 atom stereocenters. The molecular formula is C21H25NO4. The molecule has 2 aromatic carbocycles. The second-order valence-electron chi connectivity index (χ2n) is 6.31. The molecule has 2 rings (SSSR count). The number of hydrogen-bond acceptors (Lipinski definition) is 4. The third kappa shape index (κ3) is 5.09. The maximum Gasteiger partial charge on any atom is 0.339 e. The maximum absolute atomic E-state index is 12.5. The first-order valence-corrected chi connectivity index (χ1v) is 8.78. The average Bonchev–Trinajstić information content (AvgIpc) is 2.64. The first kappa shape index (κ1) is 19.5. The summed E-state index contributed by atoms with van der Waals surface area (Å²) >= 11 is 0. The number of aryl methyl sites for hydroxylation is 1. The molecule has 138 valence electrons. The fraction of sp³-hybridized carbons (Fsp3) is 0.333. The monoisotopic (exact) mass is 355 g/mol. The first-order valence-electron chi connectivity index (χ1n) is 8.78. The van der Waals surface area contributed by atoms with Gasteiger partial charge in [-0.1, -0.05) is 49.7 Å². The minimum atomic E-state index is -0.936. The van der Waals surface area contributed by atoms with Gasteiger partial charge in [0.2, 0.25) is 0 Å². The number of carbonyl (C=O) groups is 2. The van der Waals surface area contributed by atoms with Crippen molar-refractivity contribution in [1.82, 2.24) is 5.32 Å². The summed E-state index contributed by atoms with van der Waals surface area (Å²) < 4.78 is 5.25. The van der Waals surface area contributed by atoms with E-state index in [4.69, 9.17) is 4.74 Å². The van der Waals surface area contributed by atoms with Crippen LogP contribution < -0.4 is 5.32 Å². The number of phenolic OH excluding ortho intramolecular Hbond substituents is 1. The summed E-state index contributed by atoms with van der Waals surface area (Å²) in [6, 6.07) is 14.1. The topological polar surface area (TPSA) is 75.6 Å². The number of esters is 1. The predicted molar refractivity (Wildman–Crippen MR) is 100.0 cm³/mol. The SMILES string of the molecule is CCC[C@@H](NC(=O)[C@H](C)OC(=O)c1ccc(C)c(O)c1)c1ccccc1. The van der Waals surface area contributed by atoms with Gasteiger partial charge in [0.1, 0.15) is 5.75 Å². The Morgan fingerprint density at radius 2 is 1.85 bits per heavy atom. The lowest BCUT2D eigenvalue weighted by Crippen LogP contribution is -2.38. The smallest absolute Gasteiger partial charge is 0.339 e. The molecule has 0 aliphatic rings. The van der Waals surface area contributed by atoms with Crippen LogP contribution in [0.2, 0.25) is 0 Å². The summed E-state index contributed by atoms with van der Waals surface area (Å²) in [5.41, 5.74) is 1.89. The van der Waals surface area contributed by atoms with Crippen molar-refractivity contribution in [3.63, 3.8) is 0 Å². The molecule has 0 radical (unpaired) electrons. The summed E-state index contributed by atoms with van der Waals surface area (Å²) in [5, 5.41) is 12.7. The van der Waals surface area contributed by atoms with E-state index in [0.717, 1.165) is 18.4 Å². The van der Waals surface area contributed by atoms with E-state index in [1.807, 2.05) is 30.3 Å². The maximum atomic E-state index is 12.5. The van der Waals surface area contributed by atoms with Crippen LogP contribution in [0.5, 0.6) is 5.75 Å². The van der Waals surface area contributed by atoms with Gasteiger partial charge >= 0.3 is 5.97 Å². The van der Waals surface area contributed by atoms with Crippen LogP contribution in [0, 0.1) is 6.92 Å². The fourth-order valence-electron chi connectivity index (χ4n) is 2.60. The van der Waals surface area contributed by atoms with Gasteiger partial charge < -0.3 is 15.2 Å². The summed E-state index contributed by atoms with van der Waals surface area (Å²) in [7, 11) is 0. The van der Waals surface area contributed by atoms with Crippen LogP contribution in [-0.2, 0) is 9.53 Å². The molecule has 26 heavy (non-hydrogen) atoms. The third-order valence-electron chi connectivity index (χ3n) is 4.19. The van der Waals surface area contributed by atoms with Crippen molar-refractivity contribution in [2.45, 2.75) is 45.8 Å². The van der Waals surface area contributed by atoms with Gasteiger partial charge in [0.05, 0.1) is 11.6 Å². The molecular weight excluding hydrogens is 330 g/mol. The molecule has 5 heteroatoms. The highest BCUT2D eigenvalue weighted by molar-refractivity contribution is 5.92. The zero-order chi connectivity index (χ0) is 19.1. The zero-order valence-corrected chi connectivity index (χ0v) is 15.4. The van der Waals surface area contributed by atoms with Gasteiger partial charge in [-0.2, -0.15) is 0 Å². The molecule has 2 aromatic rings. The van der Waals surface area contributed by atoms with E-state index in [-0.39, 0.29) is 23.3 Å². The summed E-state index contributed by atoms with van der Waals surface area (Å²) in [5.74, 6) is -0.977. The Bertz CT molecular complexity index is 758. The number of amides is 1. The standard InChI is InChI=1S/C21H25NO4/c1-4-8-18(16-9-6-5-7-10-16)22-20(24)15(3)26-21(25)17-12-11-14(2)19(23)13-17/h5-7,9-13,15,18,23H,4,8H2,1-3H3,(H,22,24)/t15-,18+/m0/s1. The van der Waals surface area contributed by atoms with Crippen molar-refractivity contribution in [2.24, 2.45) is 0 Å². The highest BCUT2D eigenvalue weighted by Gasteiger charge is 2.22. The number of nitrogens with one attached hydrogen (secondary N) is 1. The molecule has 0 saturated carbocycles. The number of benzene rings is 2. The lowest BCUT2D eigenvalue weighted by atomic mass is 10.0. The summed E-state index contributed by atoms with van der Waals surface area (Å²) in [6.45, 7) is 5.32. The van der Waals surface area contributed by atoms with Crippen LogP contribution >= 0.6 is 0 Å². The number of hydrogen-bond donors (Lipinski definition) is 2. The van der Waals surface area contributed by atoms with Crippen molar-refractivity contribution in [3.8, 4) is 5.75 Å². The van der Waals surface area contributed by atoms with E-state index in [1.54, 1.807) is 19.1 Å². The Balaban J connectivity index is 2.01. The lowest BCUT2D eigenvalue weighted by molar-refractivity contribution is -0.129. The van der Waals surface area contributed by atoms with Crippen LogP contribution in [-0.4, -0.2) is 23.1 Å². The number of phenols is 1. The van der Waals surface area contributed by atoms with Crippen LogP contribution in [0.4, 0.5) is 0 Å². The van der Waals surface area contributed by atoms with Crippen molar-refractivity contribution in [2.75, 3.05) is 0 Å². The molecule has 2 N–H and O–H groups in total. The first-order chi connectivity index (χ1) is 12.4. The van der Waals surface area contributed by atoms with E-state index >= 15 is 0 Å². The van der Waals surface area contributed by atoms with Crippen molar-refractivity contribution >= 4 is 11.9 Å². The minimum absolute atomic E-state index is 0.0173. The second kappa shape index (κ2) is 9.04. The van der Waals surface area contributed by atoms with Gasteiger partial charge in [0, 0.05) is 0 Å². The quantitative estimate of drug-likeness (QED) is 0.739. The minimum Gasteiger partial charge on any atom is -0.508 e. The molecule has 0 fully saturated rings. The van der Waals surface area contributed by atoms with Crippen LogP contribution in [0.3, 0.4) is 0 Å². The molecule has 0 aliphatic heterocycles. The Kier molecular flexibility index (Phi) is 6.78. The Labute approximate surface area is 154 Å². The molecule has 0 saturated heterocycles. The second-order valence-corrected chi connectivity index (χ2v) is 6.31. The fourth-order valence-corrected chi connectivity index (χ4v) is 2.60. The van der Waals surface area contributed by atoms with Gasteiger partial charge in [-0.3, -0.25) is 4.79 Å². The van der Waals surface area contributed by atoms with Crippen molar-refractivity contribution in [1.29, 1.82) is 0 Å². The van der Waals surface area contributed by atoms with Crippen LogP contribution in [0.1, 0.15) is 54.2 Å². The molecule has 1 amide bonds. The molecule has 0 aromatic heterocycles. The van der Waals surface area contributed by atoms with Gasteiger partial charge in [-0.15, -0.1) is 0 Å². The summed E-state index contributed by atoms with van der Waals surface area (Å²) in [4.78, 5) is 24.6. The molecule has 0 aliphatic carbocycles.